The minimum absolute atomic E-state index is 0.502. The highest BCUT2D eigenvalue weighted by Gasteiger charge is 1.85. The first-order valence-corrected chi connectivity index (χ1v) is 3.05. The average Bonchev–Trinajstić information content (AvgIpc) is 1.80. The first kappa shape index (κ1) is 6.43. The molecule has 0 unspecified atom stereocenters. The normalized spacial score (nSPS) is 9.56. The molecule has 1 aromatic carbocycles. The van der Waals surface area contributed by atoms with Gasteiger partial charge in [0.15, 0.2) is 0 Å². The van der Waals surface area contributed by atoms with E-state index in [-0.39, 0.29) is 0 Å². The average molecular weight is 141 g/mol. The van der Waals surface area contributed by atoms with Gasteiger partial charge in [0.1, 0.15) is 0 Å². The molecular formula is C7H7ClN-. The van der Waals surface area contributed by atoms with Gasteiger partial charge in [0.25, 0.3) is 0 Å². The molecule has 0 amide bonds. The Morgan fingerprint density at radius 2 is 2.11 bits per heavy atom. The van der Waals surface area contributed by atoms with Crippen molar-refractivity contribution >= 4 is 17.3 Å². The van der Waals surface area contributed by atoms with Gasteiger partial charge in [-0.2, -0.15) is 0 Å². The summed E-state index contributed by atoms with van der Waals surface area (Å²) < 4.78 is 0. The number of nitrogens with one attached hydrogen (secondary N) is 1. The van der Waals surface area contributed by atoms with Gasteiger partial charge in [0.2, 0.25) is 0 Å². The lowest BCUT2D eigenvalue weighted by atomic mass is 10.2. The van der Waals surface area contributed by atoms with E-state index in [9.17, 15) is 0 Å². The maximum Gasteiger partial charge on any atom is 0.0393 e. The zero-order valence-corrected chi connectivity index (χ0v) is 5.87. The van der Waals surface area contributed by atoms with Crippen LogP contribution in [-0.4, -0.2) is 0 Å². The van der Waals surface area contributed by atoms with Crippen LogP contribution in [0.3, 0.4) is 0 Å². The van der Waals surface area contributed by atoms with Crippen LogP contribution in [0, 0.1) is 6.92 Å². The Hall–Kier alpha value is -0.690. The third-order valence-electron chi connectivity index (χ3n) is 1.20. The molecule has 1 nitrogen and oxygen atoms in total. The van der Waals surface area contributed by atoms with Gasteiger partial charge >= 0.3 is 0 Å². The van der Waals surface area contributed by atoms with E-state index in [4.69, 9.17) is 17.3 Å². The molecule has 0 aliphatic heterocycles. The first-order valence-electron chi connectivity index (χ1n) is 2.68. The standard InChI is InChI=1S/C7H7ClN/c1-5-2-3-6(8)4-7(5)9/h2-4,9H,1H3/q-1. The van der Waals surface area contributed by atoms with Crippen LogP contribution in [0.1, 0.15) is 5.56 Å². The van der Waals surface area contributed by atoms with E-state index in [1.54, 1.807) is 12.1 Å². The van der Waals surface area contributed by atoms with E-state index in [1.807, 2.05) is 13.0 Å². The second-order valence-corrected chi connectivity index (χ2v) is 2.40. The van der Waals surface area contributed by atoms with Crippen molar-refractivity contribution in [3.8, 4) is 0 Å². The number of benzene rings is 1. The maximum absolute atomic E-state index is 7.28. The fraction of sp³-hybridized carbons (Fsp3) is 0.143. The first-order chi connectivity index (χ1) is 4.20. The number of halogens is 1. The molecule has 0 aliphatic carbocycles. The lowest BCUT2D eigenvalue weighted by Crippen LogP contribution is -1.69. The van der Waals surface area contributed by atoms with Crippen molar-refractivity contribution in [2.24, 2.45) is 0 Å². The van der Waals surface area contributed by atoms with Gasteiger partial charge in [-0.05, 0) is 13.0 Å². The largest absolute Gasteiger partial charge is 0.698 e. The fourth-order valence-corrected chi connectivity index (χ4v) is 0.766. The third kappa shape index (κ3) is 1.36. The van der Waals surface area contributed by atoms with Crippen molar-refractivity contribution in [3.63, 3.8) is 0 Å². The monoisotopic (exact) mass is 140 g/mol. The Kier molecular flexibility index (Phi) is 1.63. The molecule has 2 heteroatoms. The molecule has 0 saturated heterocycles. The summed E-state index contributed by atoms with van der Waals surface area (Å²) >= 11 is 5.60. The Balaban J connectivity index is 3.17. The minimum Gasteiger partial charge on any atom is -0.698 e. The molecule has 9 heavy (non-hydrogen) atoms. The van der Waals surface area contributed by atoms with Crippen LogP contribution in [0.25, 0.3) is 5.73 Å². The molecule has 0 spiro atoms. The van der Waals surface area contributed by atoms with Crippen molar-refractivity contribution < 1.29 is 0 Å². The summed E-state index contributed by atoms with van der Waals surface area (Å²) in [6.45, 7) is 1.89. The molecule has 1 aromatic rings. The van der Waals surface area contributed by atoms with Gasteiger partial charge in [0, 0.05) is 5.02 Å². The van der Waals surface area contributed by atoms with Crippen molar-refractivity contribution in [2.45, 2.75) is 6.92 Å². The Labute approximate surface area is 59.4 Å². The summed E-state index contributed by atoms with van der Waals surface area (Å²) in [5.74, 6) is 0. The number of aryl methyl sites for hydroxylation is 1. The topological polar surface area (TPSA) is 23.8 Å². The molecular weight excluding hydrogens is 134 g/mol. The number of rotatable bonds is 0. The number of hydrogen-bond donors (Lipinski definition) is 0. The predicted molar refractivity (Wildman–Crippen MR) is 40.2 cm³/mol. The molecule has 0 saturated carbocycles. The van der Waals surface area contributed by atoms with Crippen molar-refractivity contribution in [1.29, 1.82) is 0 Å². The van der Waals surface area contributed by atoms with Crippen LogP contribution >= 0.6 is 11.6 Å². The van der Waals surface area contributed by atoms with Gasteiger partial charge < -0.3 is 5.73 Å². The zero-order valence-electron chi connectivity index (χ0n) is 5.11. The van der Waals surface area contributed by atoms with E-state index in [2.05, 4.69) is 0 Å². The Morgan fingerprint density at radius 1 is 1.44 bits per heavy atom. The lowest BCUT2D eigenvalue weighted by molar-refractivity contribution is 1.49. The van der Waals surface area contributed by atoms with E-state index < -0.39 is 0 Å². The summed E-state index contributed by atoms with van der Waals surface area (Å²) in [5.41, 5.74) is 8.74. The maximum atomic E-state index is 7.28. The van der Waals surface area contributed by atoms with E-state index in [1.165, 1.54) is 0 Å². The molecule has 0 radical (unpaired) electrons. The molecule has 1 rings (SSSR count). The van der Waals surface area contributed by atoms with Crippen molar-refractivity contribution in [3.05, 3.63) is 34.5 Å². The smallest absolute Gasteiger partial charge is 0.0393 e. The summed E-state index contributed by atoms with van der Waals surface area (Å²) in [7, 11) is 0. The van der Waals surface area contributed by atoms with E-state index in [0.717, 1.165) is 5.56 Å². The zero-order chi connectivity index (χ0) is 6.85. The van der Waals surface area contributed by atoms with Gasteiger partial charge in [-0.15, -0.1) is 5.69 Å². The summed E-state index contributed by atoms with van der Waals surface area (Å²) in [5, 5.41) is 0.630. The summed E-state index contributed by atoms with van der Waals surface area (Å²) in [4.78, 5) is 0. The quantitative estimate of drug-likeness (QED) is 0.528. The second-order valence-electron chi connectivity index (χ2n) is 1.96. The minimum atomic E-state index is 0.502. The van der Waals surface area contributed by atoms with Gasteiger partial charge in [0.05, 0.1) is 0 Å². The van der Waals surface area contributed by atoms with E-state index >= 15 is 0 Å². The van der Waals surface area contributed by atoms with Crippen LogP contribution in [0.4, 0.5) is 5.69 Å². The molecule has 48 valence electrons. The van der Waals surface area contributed by atoms with Crippen LogP contribution in [-0.2, 0) is 0 Å². The van der Waals surface area contributed by atoms with Crippen LogP contribution in [0.2, 0.25) is 5.02 Å². The molecule has 0 atom stereocenters. The van der Waals surface area contributed by atoms with Gasteiger partial charge in [-0.3, -0.25) is 0 Å². The SMILES string of the molecule is Cc1ccc(Cl)cc1[NH-]. The predicted octanol–water partition coefficient (Wildman–Crippen LogP) is 3.33. The third-order valence-corrected chi connectivity index (χ3v) is 1.43. The van der Waals surface area contributed by atoms with Crippen molar-refractivity contribution in [1.82, 2.24) is 0 Å². The Bertz CT molecular complexity index is 220. The molecule has 0 aromatic heterocycles. The van der Waals surface area contributed by atoms with Crippen LogP contribution in [0.15, 0.2) is 18.2 Å². The highest BCUT2D eigenvalue weighted by atomic mass is 35.5. The lowest BCUT2D eigenvalue weighted by Gasteiger charge is -2.06. The fourth-order valence-electron chi connectivity index (χ4n) is 0.594. The van der Waals surface area contributed by atoms with Gasteiger partial charge in [-0.25, -0.2) is 0 Å². The summed E-state index contributed by atoms with van der Waals surface area (Å²) in [6.07, 6.45) is 0. The molecule has 0 bridgehead atoms. The molecule has 1 N–H and O–H groups in total. The van der Waals surface area contributed by atoms with E-state index in [0.29, 0.717) is 10.7 Å². The molecule has 0 fully saturated rings. The Morgan fingerprint density at radius 3 is 2.56 bits per heavy atom. The van der Waals surface area contributed by atoms with Gasteiger partial charge in [-0.1, -0.05) is 29.3 Å². The van der Waals surface area contributed by atoms with Crippen molar-refractivity contribution in [2.75, 3.05) is 0 Å². The highest BCUT2D eigenvalue weighted by Crippen LogP contribution is 2.21. The molecule has 0 heterocycles. The summed E-state index contributed by atoms with van der Waals surface area (Å²) in [6, 6.07) is 5.26. The number of hydrogen-bond acceptors (Lipinski definition) is 0. The molecule has 0 aliphatic rings. The van der Waals surface area contributed by atoms with Crippen LogP contribution in [0.5, 0.6) is 0 Å². The second kappa shape index (κ2) is 2.28. The highest BCUT2D eigenvalue weighted by molar-refractivity contribution is 6.30. The van der Waals surface area contributed by atoms with Crippen LogP contribution < -0.4 is 0 Å².